The summed E-state index contributed by atoms with van der Waals surface area (Å²) in [5.41, 5.74) is 6.78. The first-order chi connectivity index (χ1) is 8.24. The van der Waals surface area contributed by atoms with E-state index in [0.29, 0.717) is 17.1 Å². The van der Waals surface area contributed by atoms with E-state index >= 15 is 0 Å². The van der Waals surface area contributed by atoms with Gasteiger partial charge in [-0.2, -0.15) is 0 Å². The SMILES string of the molecule is Nc1cccc(NC(=O)Oc2ccccc2)c1. The fourth-order valence-electron chi connectivity index (χ4n) is 1.36. The van der Waals surface area contributed by atoms with E-state index in [9.17, 15) is 4.79 Å². The molecular formula is C13H12N2O2. The maximum atomic E-state index is 11.5. The molecule has 4 heteroatoms. The van der Waals surface area contributed by atoms with Crippen LogP contribution in [0.2, 0.25) is 0 Å². The summed E-state index contributed by atoms with van der Waals surface area (Å²) in [6.07, 6.45) is -0.540. The lowest BCUT2D eigenvalue weighted by Crippen LogP contribution is -2.16. The molecule has 0 spiro atoms. The molecule has 0 fully saturated rings. The summed E-state index contributed by atoms with van der Waals surface area (Å²) in [4.78, 5) is 11.5. The van der Waals surface area contributed by atoms with Crippen LogP contribution in [0.25, 0.3) is 0 Å². The summed E-state index contributed by atoms with van der Waals surface area (Å²) in [6.45, 7) is 0. The number of hydrogen-bond donors (Lipinski definition) is 2. The molecular weight excluding hydrogens is 216 g/mol. The van der Waals surface area contributed by atoms with Gasteiger partial charge in [-0.15, -0.1) is 0 Å². The molecule has 0 aliphatic rings. The molecule has 0 heterocycles. The number of amides is 1. The number of nitrogen functional groups attached to an aromatic ring is 1. The summed E-state index contributed by atoms with van der Waals surface area (Å²) in [5, 5.41) is 2.59. The molecule has 2 aromatic rings. The summed E-state index contributed by atoms with van der Waals surface area (Å²) in [6, 6.07) is 15.8. The Morgan fingerprint density at radius 3 is 2.53 bits per heavy atom. The van der Waals surface area contributed by atoms with Crippen LogP contribution in [0.4, 0.5) is 16.2 Å². The normalized spacial score (nSPS) is 9.65. The van der Waals surface area contributed by atoms with Gasteiger partial charge in [-0.3, -0.25) is 5.32 Å². The van der Waals surface area contributed by atoms with Crippen LogP contribution in [0, 0.1) is 0 Å². The lowest BCUT2D eigenvalue weighted by atomic mass is 10.3. The topological polar surface area (TPSA) is 64.3 Å². The molecule has 0 saturated carbocycles. The quantitative estimate of drug-likeness (QED) is 0.777. The van der Waals surface area contributed by atoms with Crippen molar-refractivity contribution in [3.63, 3.8) is 0 Å². The van der Waals surface area contributed by atoms with Crippen molar-refractivity contribution in [3.8, 4) is 5.75 Å². The van der Waals surface area contributed by atoms with Gasteiger partial charge in [-0.1, -0.05) is 24.3 Å². The fourth-order valence-corrected chi connectivity index (χ4v) is 1.36. The number of hydrogen-bond acceptors (Lipinski definition) is 3. The second-order valence-corrected chi connectivity index (χ2v) is 3.45. The standard InChI is InChI=1S/C13H12N2O2/c14-10-5-4-6-11(9-10)15-13(16)17-12-7-2-1-3-8-12/h1-9H,14H2,(H,15,16). The first-order valence-corrected chi connectivity index (χ1v) is 5.13. The Hall–Kier alpha value is -2.49. The van der Waals surface area contributed by atoms with Gasteiger partial charge < -0.3 is 10.5 Å². The van der Waals surface area contributed by atoms with Crippen LogP contribution in [0.3, 0.4) is 0 Å². The second kappa shape index (κ2) is 5.03. The van der Waals surface area contributed by atoms with Crippen molar-refractivity contribution in [2.45, 2.75) is 0 Å². The summed E-state index contributed by atoms with van der Waals surface area (Å²) >= 11 is 0. The molecule has 2 aromatic carbocycles. The van der Waals surface area contributed by atoms with Crippen LogP contribution in [0.5, 0.6) is 5.75 Å². The van der Waals surface area contributed by atoms with Gasteiger partial charge >= 0.3 is 6.09 Å². The zero-order chi connectivity index (χ0) is 12.1. The number of anilines is 2. The van der Waals surface area contributed by atoms with Gasteiger partial charge in [0.05, 0.1) is 0 Å². The summed E-state index contributed by atoms with van der Waals surface area (Å²) in [7, 11) is 0. The van der Waals surface area contributed by atoms with Crippen LogP contribution < -0.4 is 15.8 Å². The Bertz CT molecular complexity index is 512. The van der Waals surface area contributed by atoms with E-state index in [4.69, 9.17) is 10.5 Å². The Morgan fingerprint density at radius 2 is 1.82 bits per heavy atom. The first-order valence-electron chi connectivity index (χ1n) is 5.13. The van der Waals surface area contributed by atoms with Crippen molar-refractivity contribution in [2.75, 3.05) is 11.1 Å². The zero-order valence-electron chi connectivity index (χ0n) is 9.09. The number of para-hydroxylation sites is 1. The molecule has 4 nitrogen and oxygen atoms in total. The average Bonchev–Trinajstić information content (AvgIpc) is 2.30. The third-order valence-electron chi connectivity index (χ3n) is 2.09. The average molecular weight is 228 g/mol. The molecule has 0 saturated heterocycles. The van der Waals surface area contributed by atoms with E-state index in [1.165, 1.54) is 0 Å². The van der Waals surface area contributed by atoms with Gasteiger partial charge in [0.25, 0.3) is 0 Å². The maximum absolute atomic E-state index is 11.5. The van der Waals surface area contributed by atoms with E-state index in [0.717, 1.165) is 0 Å². The number of nitrogens with two attached hydrogens (primary N) is 1. The predicted molar refractivity (Wildman–Crippen MR) is 66.9 cm³/mol. The smallest absolute Gasteiger partial charge is 0.410 e. The largest absolute Gasteiger partial charge is 0.417 e. The Morgan fingerprint density at radius 1 is 1.06 bits per heavy atom. The Balaban J connectivity index is 1.98. The van der Waals surface area contributed by atoms with E-state index in [1.54, 1.807) is 48.5 Å². The fraction of sp³-hybridized carbons (Fsp3) is 0. The van der Waals surface area contributed by atoms with Gasteiger partial charge in [0.15, 0.2) is 0 Å². The molecule has 0 aliphatic heterocycles. The molecule has 0 bridgehead atoms. The minimum Gasteiger partial charge on any atom is -0.410 e. The molecule has 86 valence electrons. The van der Waals surface area contributed by atoms with Crippen LogP contribution >= 0.6 is 0 Å². The lowest BCUT2D eigenvalue weighted by Gasteiger charge is -2.06. The monoisotopic (exact) mass is 228 g/mol. The molecule has 0 aromatic heterocycles. The second-order valence-electron chi connectivity index (χ2n) is 3.45. The van der Waals surface area contributed by atoms with Crippen molar-refractivity contribution >= 4 is 17.5 Å². The minimum absolute atomic E-state index is 0.494. The number of carbonyl (C=O) groups is 1. The molecule has 0 atom stereocenters. The number of benzene rings is 2. The van der Waals surface area contributed by atoms with E-state index in [2.05, 4.69) is 5.32 Å². The van der Waals surface area contributed by atoms with Crippen molar-refractivity contribution in [2.24, 2.45) is 0 Å². The highest BCUT2D eigenvalue weighted by Crippen LogP contribution is 2.13. The van der Waals surface area contributed by atoms with Gasteiger partial charge in [-0.25, -0.2) is 4.79 Å². The highest BCUT2D eigenvalue weighted by molar-refractivity contribution is 5.86. The van der Waals surface area contributed by atoms with Crippen LogP contribution in [0.1, 0.15) is 0 Å². The molecule has 17 heavy (non-hydrogen) atoms. The van der Waals surface area contributed by atoms with E-state index in [-0.39, 0.29) is 0 Å². The molecule has 1 amide bonds. The number of ether oxygens (including phenoxy) is 1. The Kier molecular flexibility index (Phi) is 3.25. The van der Waals surface area contributed by atoms with Crippen LogP contribution in [-0.4, -0.2) is 6.09 Å². The minimum atomic E-state index is -0.540. The lowest BCUT2D eigenvalue weighted by molar-refractivity contribution is 0.215. The third-order valence-corrected chi connectivity index (χ3v) is 2.09. The van der Waals surface area contributed by atoms with E-state index in [1.807, 2.05) is 6.07 Å². The molecule has 2 rings (SSSR count). The highest BCUT2D eigenvalue weighted by atomic mass is 16.6. The first kappa shape index (κ1) is 11.0. The summed E-state index contributed by atoms with van der Waals surface area (Å²) in [5.74, 6) is 0.494. The van der Waals surface area contributed by atoms with Crippen molar-refractivity contribution < 1.29 is 9.53 Å². The summed E-state index contributed by atoms with van der Waals surface area (Å²) < 4.78 is 5.07. The molecule has 0 aliphatic carbocycles. The van der Waals surface area contributed by atoms with Gasteiger partial charge in [0.1, 0.15) is 5.75 Å². The van der Waals surface area contributed by atoms with Gasteiger partial charge in [0, 0.05) is 11.4 Å². The van der Waals surface area contributed by atoms with Gasteiger partial charge in [0.2, 0.25) is 0 Å². The molecule has 0 radical (unpaired) electrons. The predicted octanol–water partition coefficient (Wildman–Crippen LogP) is 2.88. The van der Waals surface area contributed by atoms with Crippen molar-refractivity contribution in [1.29, 1.82) is 0 Å². The van der Waals surface area contributed by atoms with Gasteiger partial charge in [-0.05, 0) is 30.3 Å². The third kappa shape index (κ3) is 3.24. The molecule has 3 N–H and O–H groups in total. The zero-order valence-corrected chi connectivity index (χ0v) is 9.09. The van der Waals surface area contributed by atoms with Crippen LogP contribution in [0.15, 0.2) is 54.6 Å². The van der Waals surface area contributed by atoms with Crippen LogP contribution in [-0.2, 0) is 0 Å². The highest BCUT2D eigenvalue weighted by Gasteiger charge is 2.04. The van der Waals surface area contributed by atoms with E-state index < -0.39 is 6.09 Å². The molecule has 0 unspecified atom stereocenters. The van der Waals surface area contributed by atoms with Crippen molar-refractivity contribution in [3.05, 3.63) is 54.6 Å². The van der Waals surface area contributed by atoms with Crippen molar-refractivity contribution in [1.82, 2.24) is 0 Å². The number of carbonyl (C=O) groups excluding carboxylic acids is 1. The Labute approximate surface area is 99.0 Å². The number of rotatable bonds is 2. The maximum Gasteiger partial charge on any atom is 0.417 e. The number of nitrogens with one attached hydrogen (secondary N) is 1.